The van der Waals surface area contributed by atoms with Gasteiger partial charge in [0.05, 0.1) is 0 Å². The van der Waals surface area contributed by atoms with Crippen LogP contribution in [0.1, 0.15) is 200 Å². The summed E-state index contributed by atoms with van der Waals surface area (Å²) < 4.78 is 15.8. The lowest BCUT2D eigenvalue weighted by atomic mass is 9.98. The van der Waals surface area contributed by atoms with Crippen molar-refractivity contribution in [3.8, 4) is 84.0 Å². The molecule has 1 N–H and O–H groups in total. The first kappa shape index (κ1) is 83.8. The van der Waals surface area contributed by atoms with Gasteiger partial charge in [-0.3, -0.25) is 0 Å². The molecule has 0 heterocycles. The molecule has 0 fully saturated rings. The van der Waals surface area contributed by atoms with Crippen LogP contribution in [0.4, 0.5) is 0 Å². The van der Waals surface area contributed by atoms with Gasteiger partial charge in [-0.05, 0) is 186 Å². The van der Waals surface area contributed by atoms with E-state index in [0.717, 1.165) is 33.4 Å². The molecule has 0 unspecified atom stereocenters. The number of benzene rings is 9. The summed E-state index contributed by atoms with van der Waals surface area (Å²) in [5.74, 6) is -0.559. The van der Waals surface area contributed by atoms with Gasteiger partial charge in [-0.25, -0.2) is 19.2 Å². The zero-order valence-corrected chi connectivity index (χ0v) is 63.9. The Balaban J connectivity index is 0.000000237. The Labute approximate surface area is 629 Å². The molecule has 9 aromatic rings. The fourth-order valence-corrected chi connectivity index (χ4v) is 11.7. The molecule has 8 heteroatoms. The smallest absolute Gasteiger partial charge is 0.338 e. The molecular weight excluding hydrogens is 1290 g/mol. The van der Waals surface area contributed by atoms with Gasteiger partial charge in [-0.1, -0.05) is 345 Å². The predicted molar refractivity (Wildman–Crippen MR) is 441 cm³/mol. The molecular formula is C97H114O8. The molecule has 0 bridgehead atoms. The molecule has 9 rings (SSSR count). The van der Waals surface area contributed by atoms with E-state index in [2.05, 4.69) is 193 Å². The molecule has 0 aliphatic carbocycles. The molecule has 0 spiro atoms. The third-order valence-corrected chi connectivity index (χ3v) is 18.3. The third-order valence-electron chi connectivity index (χ3n) is 18.3. The largest absolute Gasteiger partial charge is 0.478 e. The van der Waals surface area contributed by atoms with Crippen LogP contribution in [-0.4, -0.2) is 29.0 Å². The van der Waals surface area contributed by atoms with Gasteiger partial charge >= 0.3 is 23.9 Å². The van der Waals surface area contributed by atoms with Crippen molar-refractivity contribution in [3.63, 3.8) is 0 Å². The summed E-state index contributed by atoms with van der Waals surface area (Å²) in [6, 6.07) is 75.5. The predicted octanol–water partition coefficient (Wildman–Crippen LogP) is 27.0. The van der Waals surface area contributed by atoms with Gasteiger partial charge in [0.1, 0.15) is 17.2 Å². The van der Waals surface area contributed by atoms with Crippen LogP contribution in [0.3, 0.4) is 0 Å². The minimum atomic E-state index is -0.935. The number of carbonyl (C=O) groups excluding carboxylic acids is 3. The molecule has 0 amide bonds. The monoisotopic (exact) mass is 1410 g/mol. The van der Waals surface area contributed by atoms with E-state index in [9.17, 15) is 19.2 Å². The van der Waals surface area contributed by atoms with E-state index in [1.165, 1.54) is 211 Å². The van der Waals surface area contributed by atoms with Crippen molar-refractivity contribution < 1.29 is 38.5 Å². The molecule has 9 aromatic carbocycles. The molecule has 8 nitrogen and oxygen atoms in total. The van der Waals surface area contributed by atoms with Crippen LogP contribution >= 0.6 is 0 Å². The summed E-state index contributed by atoms with van der Waals surface area (Å²) in [6.07, 6.45) is 31.9. The number of aryl methyl sites for hydroxylation is 3. The van der Waals surface area contributed by atoms with Gasteiger partial charge in [0, 0.05) is 22.3 Å². The molecule has 0 atom stereocenters. The highest BCUT2D eigenvalue weighted by atomic mass is 16.5. The molecule has 105 heavy (non-hydrogen) atoms. The van der Waals surface area contributed by atoms with E-state index < -0.39 is 23.9 Å². The van der Waals surface area contributed by atoms with Crippen molar-refractivity contribution in [2.45, 2.75) is 203 Å². The van der Waals surface area contributed by atoms with Gasteiger partial charge in [0.2, 0.25) is 0 Å². The molecule has 0 aromatic heterocycles. The van der Waals surface area contributed by atoms with Crippen LogP contribution in [-0.2, 0) is 38.4 Å². The molecule has 0 saturated carbocycles. The number of carboxylic acid groups (broad SMARTS) is 1. The summed E-state index contributed by atoms with van der Waals surface area (Å²) in [4.78, 5) is 44.5. The van der Waals surface area contributed by atoms with Gasteiger partial charge in [-0.15, -0.1) is 0 Å². The number of hydrogen-bond acceptors (Lipinski definition) is 7. The second-order valence-corrected chi connectivity index (χ2v) is 27.6. The second-order valence-electron chi connectivity index (χ2n) is 27.6. The number of carbonyl (C=O) groups is 4. The summed E-state index contributed by atoms with van der Waals surface area (Å²) in [5.41, 5.74) is 19.6. The van der Waals surface area contributed by atoms with E-state index in [1.807, 2.05) is 72.8 Å². The Bertz CT molecular complexity index is 4070. The van der Waals surface area contributed by atoms with Gasteiger partial charge in [0.25, 0.3) is 0 Å². The summed E-state index contributed by atoms with van der Waals surface area (Å²) in [5, 5.41) is 7.89. The van der Waals surface area contributed by atoms with Crippen molar-refractivity contribution in [2.75, 3.05) is 0 Å². The number of esters is 3. The quantitative estimate of drug-likeness (QED) is 0.0177. The van der Waals surface area contributed by atoms with Crippen molar-refractivity contribution in [2.24, 2.45) is 0 Å². The standard InChI is InChI=1S/C32H38O2.C31H36O2.C30H34O2.C4H6O2/c1-4-5-6-7-8-9-10-11-12-26-13-15-27(16-14-26)28-17-19-29(20-18-28)30-21-23-31(24-22-30)34-32(33)25(2)3;1-4-5-6-7-8-9-10-11-25-12-14-26(15-13-25)27-16-18-28(19-17-27)29-20-22-30(23-21-29)33-31(32)24(2)3;1-4-5-6-7-8-9-10-24-11-13-25(14-12-24)26-15-17-27(18-16-26)28-19-21-29(22-20-28)32-30(31)23(2)3;1-3(2)4(5)6/h13-24H,2,4-12H2,1,3H3;12-23H,2,4-11H2,1,3H3;11-22H,2,4-10H2,1,3H3;1H2,2H3,(H,5,6). The zero-order chi connectivity index (χ0) is 75.6. The van der Waals surface area contributed by atoms with E-state index in [0.29, 0.717) is 34.0 Å². The van der Waals surface area contributed by atoms with Crippen molar-refractivity contribution in [1.29, 1.82) is 0 Å². The molecule has 0 radical (unpaired) electrons. The summed E-state index contributed by atoms with van der Waals surface area (Å²) in [7, 11) is 0. The Morgan fingerprint density at radius 3 is 0.533 bits per heavy atom. The van der Waals surface area contributed by atoms with E-state index in [4.69, 9.17) is 19.3 Å². The van der Waals surface area contributed by atoms with Gasteiger partial charge < -0.3 is 19.3 Å². The van der Waals surface area contributed by atoms with Crippen LogP contribution in [0.25, 0.3) is 66.8 Å². The summed E-state index contributed by atoms with van der Waals surface area (Å²) in [6.45, 7) is 27.1. The zero-order valence-electron chi connectivity index (χ0n) is 63.9. The maximum absolute atomic E-state index is 11.7. The average Bonchev–Trinajstić information content (AvgIpc) is 0.843. The fraction of sp³-hybridized carbons (Fsp3) is 0.320. The Morgan fingerprint density at radius 1 is 0.238 bits per heavy atom. The number of unbranched alkanes of at least 4 members (excludes halogenated alkanes) is 18. The van der Waals surface area contributed by atoms with Crippen LogP contribution in [0.15, 0.2) is 267 Å². The molecule has 0 aliphatic heterocycles. The number of hydrogen-bond donors (Lipinski definition) is 1. The maximum atomic E-state index is 11.7. The van der Waals surface area contributed by atoms with Gasteiger partial charge in [-0.2, -0.15) is 0 Å². The van der Waals surface area contributed by atoms with E-state index in [1.54, 1.807) is 20.8 Å². The van der Waals surface area contributed by atoms with E-state index >= 15 is 0 Å². The SMILES string of the molecule is C=C(C)C(=O)O.C=C(C)C(=O)Oc1ccc(-c2ccc(-c3ccc(CCCCCCCC)cc3)cc2)cc1.C=C(C)C(=O)Oc1ccc(-c2ccc(-c3ccc(CCCCCCCCC)cc3)cc2)cc1.C=C(C)C(=O)Oc1ccc(-c2ccc(-c3ccc(CCCCCCCCCC)cc3)cc2)cc1. The van der Waals surface area contributed by atoms with Crippen molar-refractivity contribution in [3.05, 3.63) is 284 Å². The Kier molecular flexibility index (Phi) is 37.7. The lowest BCUT2D eigenvalue weighted by Gasteiger charge is -2.08. The first-order valence-electron chi connectivity index (χ1n) is 38.3. The van der Waals surface area contributed by atoms with Crippen LogP contribution < -0.4 is 14.2 Å². The van der Waals surface area contributed by atoms with Crippen molar-refractivity contribution >= 4 is 23.9 Å². The number of ether oxygens (including phenoxy) is 3. The van der Waals surface area contributed by atoms with Crippen LogP contribution in [0.2, 0.25) is 0 Å². The van der Waals surface area contributed by atoms with Gasteiger partial charge in [0.15, 0.2) is 0 Å². The number of aliphatic carboxylic acids is 1. The lowest BCUT2D eigenvalue weighted by Crippen LogP contribution is -2.07. The van der Waals surface area contributed by atoms with Crippen molar-refractivity contribution in [1.82, 2.24) is 0 Å². The average molecular weight is 1410 g/mol. The molecule has 0 saturated heterocycles. The summed E-state index contributed by atoms with van der Waals surface area (Å²) >= 11 is 0. The Morgan fingerprint density at radius 2 is 0.381 bits per heavy atom. The highest BCUT2D eigenvalue weighted by Gasteiger charge is 2.11. The second kappa shape index (κ2) is 47.2. The first-order valence-corrected chi connectivity index (χ1v) is 38.3. The normalized spacial score (nSPS) is 10.5. The third kappa shape index (κ3) is 31.4. The molecule has 0 aliphatic rings. The van der Waals surface area contributed by atoms with Crippen LogP contribution in [0.5, 0.6) is 17.2 Å². The first-order chi connectivity index (χ1) is 50.8. The van der Waals surface area contributed by atoms with E-state index in [-0.39, 0.29) is 5.57 Å². The Hall–Kier alpha value is -10.2. The number of rotatable bonds is 37. The topological polar surface area (TPSA) is 116 Å². The fourth-order valence-electron chi connectivity index (χ4n) is 11.7. The molecule has 550 valence electrons. The minimum Gasteiger partial charge on any atom is -0.478 e. The highest BCUT2D eigenvalue weighted by Crippen LogP contribution is 2.32. The number of carboxylic acids is 1. The lowest BCUT2D eigenvalue weighted by molar-refractivity contribution is -0.133. The van der Waals surface area contributed by atoms with Crippen LogP contribution in [0, 0.1) is 0 Å². The highest BCUT2D eigenvalue weighted by molar-refractivity contribution is 5.90. The minimum absolute atomic E-state index is 0.176. The maximum Gasteiger partial charge on any atom is 0.338 e.